The van der Waals surface area contributed by atoms with Crippen LogP contribution in [0, 0.1) is 0 Å². The Bertz CT molecular complexity index is 393. The monoisotopic (exact) mass is 247 g/mol. The molecule has 0 spiro atoms. The van der Waals surface area contributed by atoms with Gasteiger partial charge in [0.25, 0.3) is 0 Å². The smallest absolute Gasteiger partial charge is 0.213 e. The average molecular weight is 247 g/mol. The predicted molar refractivity (Wildman–Crippen MR) is 74.5 cm³/mol. The third-order valence-corrected chi connectivity index (χ3v) is 2.98. The van der Waals surface area contributed by atoms with Gasteiger partial charge in [-0.05, 0) is 26.0 Å². The summed E-state index contributed by atoms with van der Waals surface area (Å²) in [6, 6.07) is 10.7. The lowest BCUT2D eigenvalue weighted by Gasteiger charge is -2.37. The molecule has 1 unspecified atom stereocenters. The zero-order chi connectivity index (χ0) is 13.0. The fourth-order valence-electron chi connectivity index (χ4n) is 2.32. The van der Waals surface area contributed by atoms with E-state index in [1.807, 2.05) is 30.3 Å². The minimum atomic E-state index is 0.433. The Hall–Kier alpha value is -1.59. The number of aliphatic imine (C=N–C) groups is 1. The Morgan fingerprint density at radius 3 is 2.44 bits per heavy atom. The molecule has 0 bridgehead atoms. The molecule has 2 rings (SSSR count). The van der Waals surface area contributed by atoms with E-state index in [2.05, 4.69) is 34.5 Å². The van der Waals surface area contributed by atoms with E-state index < -0.39 is 0 Å². The Morgan fingerprint density at radius 1 is 1.28 bits per heavy atom. The van der Waals surface area contributed by atoms with Crippen LogP contribution in [0.1, 0.15) is 13.8 Å². The molecule has 0 saturated carbocycles. The summed E-state index contributed by atoms with van der Waals surface area (Å²) >= 11 is 0. The van der Waals surface area contributed by atoms with Crippen molar-refractivity contribution < 1.29 is 0 Å². The molecule has 1 aromatic carbocycles. The first kappa shape index (κ1) is 12.9. The van der Waals surface area contributed by atoms with Gasteiger partial charge in [-0.2, -0.15) is 0 Å². The molecule has 5 nitrogen and oxygen atoms in total. The fourth-order valence-corrected chi connectivity index (χ4v) is 2.32. The lowest BCUT2D eigenvalue weighted by atomic mass is 10.1. The Morgan fingerprint density at radius 2 is 1.89 bits per heavy atom. The molecule has 2 atom stereocenters. The van der Waals surface area contributed by atoms with E-state index in [-0.39, 0.29) is 0 Å². The molecule has 0 radical (unpaired) electrons. The van der Waals surface area contributed by atoms with Crippen LogP contribution >= 0.6 is 0 Å². The molecule has 1 fully saturated rings. The van der Waals surface area contributed by atoms with Crippen LogP contribution in [0.15, 0.2) is 35.3 Å². The van der Waals surface area contributed by atoms with Crippen molar-refractivity contribution in [2.45, 2.75) is 25.9 Å². The second-order valence-electron chi connectivity index (χ2n) is 4.79. The quantitative estimate of drug-likeness (QED) is 0.297. The summed E-state index contributed by atoms with van der Waals surface area (Å²) in [5.74, 6) is 6.32. The minimum Gasteiger partial charge on any atom is -0.339 e. The minimum absolute atomic E-state index is 0.433. The Kier molecular flexibility index (Phi) is 4.17. The molecule has 1 aliphatic rings. The summed E-state index contributed by atoms with van der Waals surface area (Å²) in [4.78, 5) is 6.73. The van der Waals surface area contributed by atoms with Crippen molar-refractivity contribution in [3.63, 3.8) is 0 Å². The number of hydrogen-bond donors (Lipinski definition) is 3. The largest absolute Gasteiger partial charge is 0.339 e. The number of rotatable bonds is 1. The van der Waals surface area contributed by atoms with Gasteiger partial charge in [-0.15, -0.1) is 0 Å². The van der Waals surface area contributed by atoms with E-state index >= 15 is 0 Å². The first-order chi connectivity index (χ1) is 8.69. The van der Waals surface area contributed by atoms with E-state index in [0.29, 0.717) is 12.1 Å². The molecule has 0 aliphatic carbocycles. The van der Waals surface area contributed by atoms with Gasteiger partial charge in [-0.25, -0.2) is 10.8 Å². The molecule has 18 heavy (non-hydrogen) atoms. The van der Waals surface area contributed by atoms with Crippen molar-refractivity contribution in [1.29, 1.82) is 0 Å². The number of hydrazine groups is 1. The topological polar surface area (TPSA) is 65.7 Å². The van der Waals surface area contributed by atoms with E-state index in [0.717, 1.165) is 24.7 Å². The van der Waals surface area contributed by atoms with E-state index in [9.17, 15) is 0 Å². The lowest BCUT2D eigenvalue weighted by molar-refractivity contribution is 0.249. The third kappa shape index (κ3) is 3.21. The summed E-state index contributed by atoms with van der Waals surface area (Å²) in [5, 5.41) is 3.49. The highest BCUT2D eigenvalue weighted by Crippen LogP contribution is 2.12. The van der Waals surface area contributed by atoms with Gasteiger partial charge >= 0.3 is 0 Å². The zero-order valence-electron chi connectivity index (χ0n) is 10.9. The maximum Gasteiger partial charge on any atom is 0.213 e. The van der Waals surface area contributed by atoms with Crippen molar-refractivity contribution in [3.05, 3.63) is 30.3 Å². The molecule has 0 aromatic heterocycles. The fraction of sp³-hybridized carbons (Fsp3) is 0.462. The number of nitrogens with two attached hydrogens (primary N) is 1. The van der Waals surface area contributed by atoms with Crippen molar-refractivity contribution in [1.82, 2.24) is 15.6 Å². The molecule has 98 valence electrons. The van der Waals surface area contributed by atoms with Crippen LogP contribution in [-0.2, 0) is 0 Å². The number of benzene rings is 1. The first-order valence-electron chi connectivity index (χ1n) is 6.30. The number of nitrogens with zero attached hydrogens (tertiary/aromatic N) is 2. The molecule has 0 amide bonds. The van der Waals surface area contributed by atoms with E-state index in [1.165, 1.54) is 0 Å². The van der Waals surface area contributed by atoms with Crippen molar-refractivity contribution in [3.8, 4) is 0 Å². The van der Waals surface area contributed by atoms with Crippen molar-refractivity contribution >= 4 is 11.6 Å². The highest BCUT2D eigenvalue weighted by molar-refractivity contribution is 5.82. The van der Waals surface area contributed by atoms with Crippen LogP contribution in [0.5, 0.6) is 0 Å². The number of hydrogen-bond acceptors (Lipinski definition) is 3. The van der Waals surface area contributed by atoms with Crippen LogP contribution < -0.4 is 16.6 Å². The lowest BCUT2D eigenvalue weighted by Crippen LogP contribution is -2.59. The summed E-state index contributed by atoms with van der Waals surface area (Å²) in [7, 11) is 0. The van der Waals surface area contributed by atoms with Gasteiger partial charge in [0, 0.05) is 25.2 Å². The van der Waals surface area contributed by atoms with Gasteiger partial charge in [-0.1, -0.05) is 18.2 Å². The van der Waals surface area contributed by atoms with Gasteiger partial charge < -0.3 is 10.2 Å². The zero-order valence-corrected chi connectivity index (χ0v) is 10.9. The van der Waals surface area contributed by atoms with Crippen LogP contribution in [0.25, 0.3) is 0 Å². The standard InChI is InChI=1S/C13H21N5/c1-10-8-18(9-11(2)15-10)13(17-14)16-12-6-4-3-5-7-12/h3-7,10-11,15H,8-9,14H2,1-2H3,(H,16,17)/t10-,11?/m0/s1. The van der Waals surface area contributed by atoms with Gasteiger partial charge in [0.05, 0.1) is 5.69 Å². The maximum atomic E-state index is 5.60. The third-order valence-electron chi connectivity index (χ3n) is 2.98. The second-order valence-corrected chi connectivity index (χ2v) is 4.79. The molecular weight excluding hydrogens is 226 g/mol. The number of nitrogens with one attached hydrogen (secondary N) is 2. The highest BCUT2D eigenvalue weighted by Gasteiger charge is 2.23. The summed E-state index contributed by atoms with van der Waals surface area (Å²) in [6.45, 7) is 6.14. The number of guanidine groups is 1. The molecule has 4 N–H and O–H groups in total. The number of para-hydroxylation sites is 1. The molecule has 1 heterocycles. The average Bonchev–Trinajstić information content (AvgIpc) is 2.36. The molecule has 1 saturated heterocycles. The molecule has 1 aromatic rings. The van der Waals surface area contributed by atoms with Crippen LogP contribution in [-0.4, -0.2) is 36.0 Å². The SMILES string of the molecule is CC1CN(C(=Nc2ccccc2)NN)C[C@H](C)N1. The maximum absolute atomic E-state index is 5.60. The van der Waals surface area contributed by atoms with Crippen LogP contribution in [0.4, 0.5) is 5.69 Å². The van der Waals surface area contributed by atoms with Gasteiger partial charge in [0.2, 0.25) is 5.96 Å². The second kappa shape index (κ2) is 5.84. The number of piperazine rings is 1. The highest BCUT2D eigenvalue weighted by atomic mass is 15.4. The first-order valence-corrected chi connectivity index (χ1v) is 6.30. The Labute approximate surface area is 108 Å². The summed E-state index contributed by atoms with van der Waals surface area (Å²) in [6.07, 6.45) is 0. The van der Waals surface area contributed by atoms with Crippen LogP contribution in [0.2, 0.25) is 0 Å². The van der Waals surface area contributed by atoms with E-state index in [1.54, 1.807) is 0 Å². The summed E-state index contributed by atoms with van der Waals surface area (Å²) in [5.41, 5.74) is 3.62. The van der Waals surface area contributed by atoms with Crippen molar-refractivity contribution in [2.24, 2.45) is 10.8 Å². The molecule has 1 aliphatic heterocycles. The molecular formula is C13H21N5. The normalized spacial score (nSPS) is 25.1. The van der Waals surface area contributed by atoms with E-state index in [4.69, 9.17) is 5.84 Å². The van der Waals surface area contributed by atoms with Crippen LogP contribution in [0.3, 0.4) is 0 Å². The molecule has 5 heteroatoms. The van der Waals surface area contributed by atoms with Gasteiger partial charge in [0.1, 0.15) is 0 Å². The Balaban J connectivity index is 2.15. The van der Waals surface area contributed by atoms with Gasteiger partial charge in [-0.3, -0.25) is 5.43 Å². The van der Waals surface area contributed by atoms with Crippen molar-refractivity contribution in [2.75, 3.05) is 13.1 Å². The van der Waals surface area contributed by atoms with Gasteiger partial charge in [0.15, 0.2) is 0 Å². The summed E-state index contributed by atoms with van der Waals surface area (Å²) < 4.78 is 0. The predicted octanol–water partition coefficient (Wildman–Crippen LogP) is 0.820.